The molecule has 3 aliphatic rings. The van der Waals surface area contributed by atoms with Crippen molar-refractivity contribution in [2.45, 2.75) is 44.1 Å². The minimum Gasteiger partial charge on any atom is -0.506 e. The molecule has 11 heteroatoms. The second kappa shape index (κ2) is 18.3. The molecule has 308 valence electrons. The molecular weight excluding hydrogens is 757 g/mol. The Balaban J connectivity index is 0.844. The van der Waals surface area contributed by atoms with Crippen molar-refractivity contribution in [1.82, 2.24) is 15.6 Å². The van der Waals surface area contributed by atoms with Crippen LogP contribution >= 0.6 is 0 Å². The molecule has 0 radical (unpaired) electrons. The topological polar surface area (TPSA) is 150 Å². The number of piperidine rings is 3. The van der Waals surface area contributed by atoms with Crippen LogP contribution in [0.25, 0.3) is 10.9 Å². The number of aliphatic hydroxyl groups is 1. The van der Waals surface area contributed by atoms with Crippen LogP contribution in [-0.2, 0) is 17.8 Å². The summed E-state index contributed by atoms with van der Waals surface area (Å²) in [6.45, 7) is 4.22. The predicted molar refractivity (Wildman–Crippen MR) is 230 cm³/mol. The molecule has 1 amide bonds. The highest BCUT2D eigenvalue weighted by Gasteiger charge is 2.48. The number of amides is 1. The van der Waals surface area contributed by atoms with E-state index in [-0.39, 0.29) is 29.1 Å². The summed E-state index contributed by atoms with van der Waals surface area (Å²) < 4.78 is 13.1. The first-order chi connectivity index (χ1) is 29.2. The number of phenols is 1. The van der Waals surface area contributed by atoms with Crippen LogP contribution in [0.5, 0.6) is 11.5 Å². The number of fused-ring (bicyclic) bond motifs is 4. The molecule has 3 fully saturated rings. The SMILES string of the molecule is O=C(NC(c1ccccc1)c1cccc(OCc2ccc(CCNC[C@H](O)c3ccc(O)c4[nH]c(=O)ccc34)cc2)c1)O[C@@H]1C[N+]2(CC(=O)c3ccccc3)CCC1CC2. The number of quaternary nitrogens is 1. The molecule has 0 saturated carbocycles. The summed E-state index contributed by atoms with van der Waals surface area (Å²) in [7, 11) is 0. The number of carbonyl (C=O) groups is 2. The summed E-state index contributed by atoms with van der Waals surface area (Å²) in [5.41, 5.74) is 5.27. The van der Waals surface area contributed by atoms with Gasteiger partial charge in [-0.2, -0.15) is 0 Å². The van der Waals surface area contributed by atoms with Gasteiger partial charge in [0.1, 0.15) is 31.2 Å². The van der Waals surface area contributed by atoms with Gasteiger partial charge in [0.05, 0.1) is 30.8 Å². The number of aromatic nitrogens is 1. The summed E-state index contributed by atoms with van der Waals surface area (Å²) >= 11 is 0. The van der Waals surface area contributed by atoms with E-state index >= 15 is 0 Å². The number of phenolic OH excluding ortho intramolecular Hbond substituents is 1. The third kappa shape index (κ3) is 9.61. The lowest BCUT2D eigenvalue weighted by molar-refractivity contribution is -0.938. The van der Waals surface area contributed by atoms with E-state index in [0.29, 0.717) is 59.5 Å². The lowest BCUT2D eigenvalue weighted by Gasteiger charge is -2.51. The minimum atomic E-state index is -0.821. The van der Waals surface area contributed by atoms with Crippen molar-refractivity contribution in [2.24, 2.45) is 5.92 Å². The zero-order chi connectivity index (χ0) is 41.5. The van der Waals surface area contributed by atoms with Crippen molar-refractivity contribution in [3.8, 4) is 11.5 Å². The number of benzene rings is 5. The molecule has 9 rings (SSSR count). The second-order valence-electron chi connectivity index (χ2n) is 16.1. The van der Waals surface area contributed by atoms with Gasteiger partial charge in [-0.05, 0) is 65.0 Å². The molecule has 1 aromatic heterocycles. The largest absolute Gasteiger partial charge is 0.506 e. The van der Waals surface area contributed by atoms with Crippen molar-refractivity contribution in [3.05, 3.63) is 177 Å². The zero-order valence-electron chi connectivity index (χ0n) is 33.5. The number of hydrogen-bond acceptors (Lipinski definition) is 8. The van der Waals surface area contributed by atoms with E-state index in [1.165, 1.54) is 12.1 Å². The van der Waals surface area contributed by atoms with E-state index in [4.69, 9.17) is 9.47 Å². The molecule has 2 bridgehead atoms. The lowest BCUT2D eigenvalue weighted by atomic mass is 9.83. The monoisotopic (exact) mass is 807 g/mol. The molecule has 0 spiro atoms. The second-order valence-corrected chi connectivity index (χ2v) is 16.1. The molecule has 1 unspecified atom stereocenters. The van der Waals surface area contributed by atoms with E-state index in [2.05, 4.69) is 27.8 Å². The van der Waals surface area contributed by atoms with Crippen LogP contribution in [0.3, 0.4) is 0 Å². The Kier molecular flexibility index (Phi) is 12.4. The Labute approximate surface area is 349 Å². The lowest BCUT2D eigenvalue weighted by Crippen LogP contribution is -2.66. The van der Waals surface area contributed by atoms with Crippen LogP contribution in [-0.4, -0.2) is 76.9 Å². The molecule has 3 saturated heterocycles. The number of alkyl carbamates (subject to hydrolysis) is 1. The molecule has 60 heavy (non-hydrogen) atoms. The summed E-state index contributed by atoms with van der Waals surface area (Å²) in [6, 6.07) is 40.9. The number of rotatable bonds is 16. The van der Waals surface area contributed by atoms with E-state index in [1.54, 1.807) is 12.1 Å². The fourth-order valence-corrected chi connectivity index (χ4v) is 8.77. The van der Waals surface area contributed by atoms with Crippen LogP contribution in [0.15, 0.2) is 138 Å². The number of H-pyrrole nitrogens is 1. The summed E-state index contributed by atoms with van der Waals surface area (Å²) in [6.07, 6.45) is 1.06. The van der Waals surface area contributed by atoms with Crippen LogP contribution in [0.4, 0.5) is 4.79 Å². The number of carbonyl (C=O) groups excluding carboxylic acids is 2. The molecule has 3 aliphatic heterocycles. The van der Waals surface area contributed by atoms with Crippen molar-refractivity contribution >= 4 is 22.8 Å². The first kappa shape index (κ1) is 40.5. The van der Waals surface area contributed by atoms with Gasteiger partial charge in [0, 0.05) is 42.3 Å². The Morgan fingerprint density at radius 3 is 2.30 bits per heavy atom. The third-order valence-corrected chi connectivity index (χ3v) is 12.1. The zero-order valence-corrected chi connectivity index (χ0v) is 33.5. The van der Waals surface area contributed by atoms with Gasteiger partial charge in [-0.15, -0.1) is 0 Å². The highest BCUT2D eigenvalue weighted by atomic mass is 16.6. The first-order valence-electron chi connectivity index (χ1n) is 20.7. The van der Waals surface area contributed by atoms with Crippen LogP contribution < -0.4 is 20.9 Å². The molecular formula is C49H51N4O7+. The Morgan fingerprint density at radius 2 is 1.53 bits per heavy atom. The molecule has 6 aromatic rings. The fourth-order valence-electron chi connectivity index (χ4n) is 8.77. The number of aromatic amines is 1. The van der Waals surface area contributed by atoms with Gasteiger partial charge in [0.2, 0.25) is 11.3 Å². The maximum absolute atomic E-state index is 13.7. The predicted octanol–water partition coefficient (Wildman–Crippen LogP) is 6.99. The number of hydrogen-bond donors (Lipinski definition) is 5. The molecule has 3 atom stereocenters. The maximum atomic E-state index is 13.7. The number of ether oxygens (including phenoxy) is 2. The van der Waals surface area contributed by atoms with E-state index in [9.17, 15) is 24.6 Å². The van der Waals surface area contributed by atoms with Crippen molar-refractivity contribution in [1.29, 1.82) is 0 Å². The molecule has 5 N–H and O–H groups in total. The number of ketones is 1. The van der Waals surface area contributed by atoms with Gasteiger partial charge in [-0.1, -0.05) is 103 Å². The number of aromatic hydroxyl groups is 1. The van der Waals surface area contributed by atoms with Gasteiger partial charge in [0.25, 0.3) is 0 Å². The molecule has 0 aliphatic carbocycles. The number of nitrogens with zero attached hydrogens (tertiary/aromatic N) is 1. The maximum Gasteiger partial charge on any atom is 0.408 e. The Morgan fingerprint density at radius 1 is 0.817 bits per heavy atom. The minimum absolute atomic E-state index is 0.0387. The van der Waals surface area contributed by atoms with E-state index in [0.717, 1.165) is 60.2 Å². The summed E-state index contributed by atoms with van der Waals surface area (Å²) in [5.74, 6) is 1.05. The number of nitrogens with one attached hydrogen (secondary N) is 3. The number of aliphatic hydroxyl groups excluding tert-OH is 1. The Hall–Kier alpha value is -6.27. The Bertz CT molecular complexity index is 2470. The van der Waals surface area contributed by atoms with Gasteiger partial charge >= 0.3 is 6.09 Å². The van der Waals surface area contributed by atoms with Crippen molar-refractivity contribution in [3.63, 3.8) is 0 Å². The molecule has 5 aromatic carbocycles. The van der Waals surface area contributed by atoms with E-state index in [1.807, 2.05) is 97.1 Å². The van der Waals surface area contributed by atoms with Crippen LogP contribution in [0, 0.1) is 5.92 Å². The first-order valence-corrected chi connectivity index (χ1v) is 20.7. The van der Waals surface area contributed by atoms with Gasteiger partial charge in [-0.3, -0.25) is 9.59 Å². The quantitative estimate of drug-likeness (QED) is 0.0400. The normalized spacial score (nSPS) is 19.4. The summed E-state index contributed by atoms with van der Waals surface area (Å²) in [4.78, 5) is 41.3. The average Bonchev–Trinajstić information content (AvgIpc) is 3.28. The smallest absolute Gasteiger partial charge is 0.408 e. The number of pyridine rings is 1. The highest BCUT2D eigenvalue weighted by Crippen LogP contribution is 2.36. The highest BCUT2D eigenvalue weighted by molar-refractivity contribution is 5.97. The van der Waals surface area contributed by atoms with Gasteiger partial charge < -0.3 is 39.8 Å². The molecule has 4 heterocycles. The number of Topliss-reactive ketones (excluding diaryl/α,β-unsaturated/α-hetero) is 1. The van der Waals surface area contributed by atoms with E-state index < -0.39 is 18.2 Å². The molecule has 11 nitrogen and oxygen atoms in total. The summed E-state index contributed by atoms with van der Waals surface area (Å²) in [5, 5.41) is 28.1. The van der Waals surface area contributed by atoms with Crippen LogP contribution in [0.2, 0.25) is 0 Å². The standard InChI is InChI=1S/C49H50N4O7/c54-42-20-18-40(41-19-21-46(57)51-48(41)42)43(55)29-50-25-22-33-14-16-34(17-15-33)32-59-39-13-7-12-38(28-39)47(37-10-5-2-6-11-37)52-49(58)60-45-31-53(26-23-36(45)24-27-53)30-44(56)35-8-3-1-4-9-35/h1-21,28,36,43,45,47,50,55H,22-27,29-32H2,(H2-,51,52,54,57,58)/p+1/t36?,43-,45+,47?,53?/m0/s1. The van der Waals surface area contributed by atoms with Crippen molar-refractivity contribution < 1.29 is 33.8 Å². The van der Waals surface area contributed by atoms with Crippen LogP contribution in [0.1, 0.15) is 63.2 Å². The fraction of sp³-hybridized carbons (Fsp3) is 0.286. The van der Waals surface area contributed by atoms with Gasteiger partial charge in [-0.25, -0.2) is 4.79 Å². The third-order valence-electron chi connectivity index (χ3n) is 12.1. The van der Waals surface area contributed by atoms with Gasteiger partial charge in [0.15, 0.2) is 6.10 Å². The van der Waals surface area contributed by atoms with Crippen molar-refractivity contribution in [2.75, 3.05) is 39.3 Å². The average molecular weight is 808 g/mol.